The maximum atomic E-state index is 4.25. The minimum atomic E-state index is 0.721. The summed E-state index contributed by atoms with van der Waals surface area (Å²) in [5, 5.41) is 0. The van der Waals surface area contributed by atoms with Crippen LogP contribution in [0, 0.1) is 6.92 Å². The second kappa shape index (κ2) is 5.50. The molecule has 1 aromatic rings. The second-order valence-electron chi connectivity index (χ2n) is 4.96. The predicted octanol–water partition coefficient (Wildman–Crippen LogP) is 2.31. The summed E-state index contributed by atoms with van der Waals surface area (Å²) >= 11 is 0. The number of likely N-dealkylation sites (N-methyl/N-ethyl adjacent to an activating group) is 2. The fraction of sp³-hybridized carbons (Fsp3) is 0.643. The highest BCUT2D eigenvalue weighted by Gasteiger charge is 2.24. The normalized spacial score (nSPS) is 20.8. The van der Waals surface area contributed by atoms with E-state index >= 15 is 0 Å². The largest absolute Gasteiger partial charge is 0.373 e. The Balaban J connectivity index is 1.99. The fourth-order valence-electron chi connectivity index (χ4n) is 2.71. The molecule has 0 radical (unpaired) electrons. The topological polar surface area (TPSA) is 19.4 Å². The van der Waals surface area contributed by atoms with Crippen LogP contribution in [0.4, 0.5) is 5.69 Å². The first-order valence-corrected chi connectivity index (χ1v) is 6.58. The standard InChI is InChI=1S/C14H23N3/c1-4-17-9-5-6-14(17)11-16(3)13-7-8-15-12(2)10-13/h7-8,10,14H,4-6,9,11H2,1-3H3. The second-order valence-corrected chi connectivity index (χ2v) is 4.96. The lowest BCUT2D eigenvalue weighted by Gasteiger charge is -2.29. The summed E-state index contributed by atoms with van der Waals surface area (Å²) in [5.74, 6) is 0. The summed E-state index contributed by atoms with van der Waals surface area (Å²) < 4.78 is 0. The van der Waals surface area contributed by atoms with Crippen LogP contribution in [0.1, 0.15) is 25.5 Å². The van der Waals surface area contributed by atoms with E-state index in [1.165, 1.54) is 31.6 Å². The maximum absolute atomic E-state index is 4.25. The molecule has 0 aromatic carbocycles. The van der Waals surface area contributed by atoms with Crippen LogP contribution in [0.2, 0.25) is 0 Å². The molecular weight excluding hydrogens is 210 g/mol. The third-order valence-corrected chi connectivity index (χ3v) is 3.71. The molecule has 1 saturated heterocycles. The number of rotatable bonds is 4. The SMILES string of the molecule is CCN1CCCC1CN(C)c1ccnc(C)c1. The van der Waals surface area contributed by atoms with Crippen LogP contribution >= 0.6 is 0 Å². The van der Waals surface area contributed by atoms with Gasteiger partial charge in [0.05, 0.1) is 0 Å². The smallest absolute Gasteiger partial charge is 0.0397 e. The number of nitrogens with zero attached hydrogens (tertiary/aromatic N) is 3. The van der Waals surface area contributed by atoms with E-state index in [0.29, 0.717) is 0 Å². The Bertz CT molecular complexity index is 364. The summed E-state index contributed by atoms with van der Waals surface area (Å²) in [6.45, 7) is 7.87. The molecule has 0 saturated carbocycles. The van der Waals surface area contributed by atoms with Gasteiger partial charge in [0.15, 0.2) is 0 Å². The average Bonchev–Trinajstić information content (AvgIpc) is 2.76. The van der Waals surface area contributed by atoms with Crippen molar-refractivity contribution in [3.63, 3.8) is 0 Å². The summed E-state index contributed by atoms with van der Waals surface area (Å²) in [6.07, 6.45) is 4.58. The van der Waals surface area contributed by atoms with E-state index in [9.17, 15) is 0 Å². The molecule has 1 fully saturated rings. The number of hydrogen-bond acceptors (Lipinski definition) is 3. The van der Waals surface area contributed by atoms with Crippen molar-refractivity contribution in [1.82, 2.24) is 9.88 Å². The van der Waals surface area contributed by atoms with Gasteiger partial charge in [0.25, 0.3) is 0 Å². The van der Waals surface area contributed by atoms with Crippen molar-refractivity contribution in [3.05, 3.63) is 24.0 Å². The van der Waals surface area contributed by atoms with Crippen LogP contribution in [0.25, 0.3) is 0 Å². The molecule has 0 aliphatic carbocycles. The third-order valence-electron chi connectivity index (χ3n) is 3.71. The Morgan fingerprint density at radius 1 is 1.53 bits per heavy atom. The lowest BCUT2D eigenvalue weighted by Crippen LogP contribution is -2.38. The zero-order valence-corrected chi connectivity index (χ0v) is 11.2. The molecule has 3 nitrogen and oxygen atoms in total. The first-order valence-electron chi connectivity index (χ1n) is 6.58. The number of aryl methyl sites for hydroxylation is 1. The maximum Gasteiger partial charge on any atom is 0.0397 e. The Hall–Kier alpha value is -1.09. The zero-order valence-electron chi connectivity index (χ0n) is 11.2. The van der Waals surface area contributed by atoms with Crippen LogP contribution in [0.3, 0.4) is 0 Å². The Labute approximate surface area is 104 Å². The molecule has 1 unspecified atom stereocenters. The van der Waals surface area contributed by atoms with Gasteiger partial charge in [-0.05, 0) is 45.0 Å². The first-order chi connectivity index (χ1) is 8.20. The van der Waals surface area contributed by atoms with Gasteiger partial charge >= 0.3 is 0 Å². The van der Waals surface area contributed by atoms with Crippen LogP contribution in [0.15, 0.2) is 18.3 Å². The molecular formula is C14H23N3. The van der Waals surface area contributed by atoms with E-state index in [-0.39, 0.29) is 0 Å². The average molecular weight is 233 g/mol. The van der Waals surface area contributed by atoms with E-state index in [0.717, 1.165) is 18.3 Å². The van der Waals surface area contributed by atoms with Crippen molar-refractivity contribution in [2.45, 2.75) is 32.7 Å². The summed E-state index contributed by atoms with van der Waals surface area (Å²) in [7, 11) is 2.18. The van der Waals surface area contributed by atoms with Gasteiger partial charge in [-0.2, -0.15) is 0 Å². The molecule has 3 heteroatoms. The number of likely N-dealkylation sites (tertiary alicyclic amines) is 1. The lowest BCUT2D eigenvalue weighted by molar-refractivity contribution is 0.270. The van der Waals surface area contributed by atoms with Gasteiger partial charge in [-0.15, -0.1) is 0 Å². The monoisotopic (exact) mass is 233 g/mol. The van der Waals surface area contributed by atoms with Gasteiger partial charge in [-0.25, -0.2) is 0 Å². The molecule has 17 heavy (non-hydrogen) atoms. The van der Waals surface area contributed by atoms with E-state index in [1.807, 2.05) is 13.1 Å². The van der Waals surface area contributed by atoms with Crippen molar-refractivity contribution in [3.8, 4) is 0 Å². The fourth-order valence-corrected chi connectivity index (χ4v) is 2.71. The minimum Gasteiger partial charge on any atom is -0.373 e. The molecule has 0 bridgehead atoms. The highest BCUT2D eigenvalue weighted by molar-refractivity contribution is 5.45. The Morgan fingerprint density at radius 3 is 3.06 bits per heavy atom. The zero-order chi connectivity index (χ0) is 12.3. The van der Waals surface area contributed by atoms with Crippen molar-refractivity contribution >= 4 is 5.69 Å². The molecule has 2 rings (SSSR count). The van der Waals surface area contributed by atoms with Gasteiger partial charge in [0.2, 0.25) is 0 Å². The first kappa shape index (κ1) is 12.4. The van der Waals surface area contributed by atoms with Crippen LogP contribution < -0.4 is 4.90 Å². The molecule has 1 aromatic heterocycles. The highest BCUT2D eigenvalue weighted by atomic mass is 15.2. The van der Waals surface area contributed by atoms with E-state index < -0.39 is 0 Å². The quantitative estimate of drug-likeness (QED) is 0.795. The van der Waals surface area contributed by atoms with Crippen molar-refractivity contribution in [2.24, 2.45) is 0 Å². The summed E-state index contributed by atoms with van der Waals surface area (Å²) in [5.41, 5.74) is 2.37. The van der Waals surface area contributed by atoms with E-state index in [2.05, 4.69) is 40.9 Å². The van der Waals surface area contributed by atoms with E-state index in [4.69, 9.17) is 0 Å². The van der Waals surface area contributed by atoms with Gasteiger partial charge in [-0.1, -0.05) is 6.92 Å². The molecule has 0 amide bonds. The number of anilines is 1. The molecule has 1 atom stereocenters. The van der Waals surface area contributed by atoms with Gasteiger partial charge in [0.1, 0.15) is 0 Å². The van der Waals surface area contributed by atoms with E-state index in [1.54, 1.807) is 0 Å². The third kappa shape index (κ3) is 2.97. The summed E-state index contributed by atoms with van der Waals surface area (Å²) in [4.78, 5) is 9.19. The Morgan fingerprint density at radius 2 is 2.35 bits per heavy atom. The van der Waals surface area contributed by atoms with Crippen molar-refractivity contribution in [1.29, 1.82) is 0 Å². The molecule has 94 valence electrons. The van der Waals surface area contributed by atoms with Crippen LogP contribution in [0.5, 0.6) is 0 Å². The van der Waals surface area contributed by atoms with Gasteiger partial charge in [-0.3, -0.25) is 9.88 Å². The molecule has 0 N–H and O–H groups in total. The van der Waals surface area contributed by atoms with Crippen LogP contribution in [-0.2, 0) is 0 Å². The van der Waals surface area contributed by atoms with Gasteiger partial charge in [0, 0.05) is 37.2 Å². The number of aromatic nitrogens is 1. The van der Waals surface area contributed by atoms with Gasteiger partial charge < -0.3 is 4.90 Å². The minimum absolute atomic E-state index is 0.721. The highest BCUT2D eigenvalue weighted by Crippen LogP contribution is 2.20. The lowest BCUT2D eigenvalue weighted by atomic mass is 10.2. The van der Waals surface area contributed by atoms with Crippen LogP contribution in [-0.4, -0.2) is 42.6 Å². The Kier molecular flexibility index (Phi) is 4.00. The number of hydrogen-bond donors (Lipinski definition) is 0. The summed E-state index contributed by atoms with van der Waals surface area (Å²) in [6, 6.07) is 4.97. The molecule has 1 aliphatic rings. The molecule has 0 spiro atoms. The molecule has 1 aliphatic heterocycles. The van der Waals surface area contributed by atoms with Crippen molar-refractivity contribution in [2.75, 3.05) is 31.6 Å². The number of pyridine rings is 1. The van der Waals surface area contributed by atoms with Crippen molar-refractivity contribution < 1.29 is 0 Å². The predicted molar refractivity (Wildman–Crippen MR) is 72.5 cm³/mol. The molecule has 2 heterocycles.